The third-order valence-corrected chi connectivity index (χ3v) is 6.70. The van der Waals surface area contributed by atoms with E-state index in [2.05, 4.69) is 63.6 Å². The summed E-state index contributed by atoms with van der Waals surface area (Å²) in [5.74, 6) is 1.72. The summed E-state index contributed by atoms with van der Waals surface area (Å²) in [6, 6.07) is 10.6. The fraction of sp³-hybridized carbons (Fsp3) is 0.304. The molecular formula is C23H25N9S. The quantitative estimate of drug-likeness (QED) is 0.327. The number of likely N-dealkylation sites (tertiary alicyclic amines) is 1. The topological polar surface area (TPSA) is 99.6 Å². The molecule has 1 aromatic carbocycles. The number of nitrogens with one attached hydrogen (secondary N) is 3. The van der Waals surface area contributed by atoms with Crippen LogP contribution < -0.4 is 10.6 Å². The molecule has 9 nitrogen and oxygen atoms in total. The van der Waals surface area contributed by atoms with Gasteiger partial charge in [0.1, 0.15) is 0 Å². The molecule has 1 saturated heterocycles. The average Bonchev–Trinajstić information content (AvgIpc) is 3.62. The van der Waals surface area contributed by atoms with Gasteiger partial charge >= 0.3 is 0 Å². The van der Waals surface area contributed by atoms with Gasteiger partial charge in [-0.05, 0) is 24.6 Å². The molecule has 0 bridgehead atoms. The van der Waals surface area contributed by atoms with E-state index >= 15 is 0 Å². The van der Waals surface area contributed by atoms with Crippen LogP contribution >= 0.6 is 11.3 Å². The Morgan fingerprint density at radius 1 is 1.15 bits per heavy atom. The van der Waals surface area contributed by atoms with E-state index in [9.17, 15) is 0 Å². The molecule has 0 aliphatic carbocycles. The van der Waals surface area contributed by atoms with Crippen LogP contribution in [0.15, 0.2) is 53.6 Å². The van der Waals surface area contributed by atoms with Gasteiger partial charge in [0.05, 0.1) is 46.0 Å². The number of aromatic nitrogens is 6. The Hall–Kier alpha value is -3.50. The normalized spacial score (nSPS) is 16.7. The Balaban J connectivity index is 1.08. The average molecular weight is 460 g/mol. The number of H-pyrrole nitrogens is 1. The lowest BCUT2D eigenvalue weighted by molar-refractivity contribution is 0.349. The van der Waals surface area contributed by atoms with Gasteiger partial charge < -0.3 is 20.2 Å². The van der Waals surface area contributed by atoms with E-state index in [1.54, 1.807) is 23.7 Å². The molecule has 33 heavy (non-hydrogen) atoms. The maximum absolute atomic E-state index is 4.88. The number of aromatic amines is 1. The molecule has 5 heterocycles. The number of para-hydroxylation sites is 2. The molecule has 1 unspecified atom stereocenters. The van der Waals surface area contributed by atoms with Gasteiger partial charge in [-0.2, -0.15) is 0 Å². The molecule has 0 amide bonds. The zero-order chi connectivity index (χ0) is 22.0. The summed E-state index contributed by atoms with van der Waals surface area (Å²) in [4.78, 5) is 23.8. The SMILES string of the molecule is c1ccc2c(c1)nc(NC1CCN(CCNc3nc4ccncc4[nH]3)C1)n2Cc1cscn1. The van der Waals surface area contributed by atoms with Gasteiger partial charge in [-0.15, -0.1) is 11.3 Å². The Morgan fingerprint density at radius 3 is 3.03 bits per heavy atom. The van der Waals surface area contributed by atoms with Crippen molar-refractivity contribution in [2.45, 2.75) is 19.0 Å². The fourth-order valence-corrected chi connectivity index (χ4v) is 4.98. The molecule has 0 saturated carbocycles. The Morgan fingerprint density at radius 2 is 2.12 bits per heavy atom. The van der Waals surface area contributed by atoms with Crippen molar-refractivity contribution in [1.29, 1.82) is 0 Å². The van der Waals surface area contributed by atoms with Crippen LogP contribution in [-0.4, -0.2) is 66.6 Å². The van der Waals surface area contributed by atoms with Crippen molar-refractivity contribution in [2.24, 2.45) is 0 Å². The first-order valence-electron chi connectivity index (χ1n) is 11.2. The predicted molar refractivity (Wildman–Crippen MR) is 132 cm³/mol. The van der Waals surface area contributed by atoms with E-state index in [4.69, 9.17) is 4.98 Å². The van der Waals surface area contributed by atoms with Gasteiger partial charge in [-0.1, -0.05) is 12.1 Å². The summed E-state index contributed by atoms with van der Waals surface area (Å²) < 4.78 is 2.24. The lowest BCUT2D eigenvalue weighted by atomic mass is 10.3. The van der Waals surface area contributed by atoms with Crippen molar-refractivity contribution in [2.75, 3.05) is 36.8 Å². The molecule has 4 aromatic heterocycles. The van der Waals surface area contributed by atoms with Gasteiger partial charge in [-0.25, -0.2) is 15.0 Å². The first-order valence-corrected chi connectivity index (χ1v) is 12.1. The fourth-order valence-electron chi connectivity index (χ4n) is 4.43. The highest BCUT2D eigenvalue weighted by molar-refractivity contribution is 7.07. The van der Waals surface area contributed by atoms with E-state index in [1.165, 1.54) is 0 Å². The summed E-state index contributed by atoms with van der Waals surface area (Å²) in [6.07, 6.45) is 4.65. The van der Waals surface area contributed by atoms with Gasteiger partial charge in [-0.3, -0.25) is 9.88 Å². The number of fused-ring (bicyclic) bond motifs is 2. The molecule has 168 valence electrons. The Labute approximate surface area is 194 Å². The summed E-state index contributed by atoms with van der Waals surface area (Å²) in [6.45, 7) is 4.58. The van der Waals surface area contributed by atoms with Crippen molar-refractivity contribution in [3.8, 4) is 0 Å². The highest BCUT2D eigenvalue weighted by atomic mass is 32.1. The lowest BCUT2D eigenvalue weighted by Gasteiger charge is -2.18. The first-order chi connectivity index (χ1) is 16.3. The molecule has 1 aliphatic heterocycles. The number of nitrogens with zero attached hydrogens (tertiary/aromatic N) is 6. The highest BCUT2D eigenvalue weighted by Gasteiger charge is 2.24. The molecule has 0 spiro atoms. The monoisotopic (exact) mass is 459 g/mol. The minimum Gasteiger partial charge on any atom is -0.355 e. The Bertz CT molecular complexity index is 1320. The van der Waals surface area contributed by atoms with E-state index in [0.717, 1.165) is 78.8 Å². The van der Waals surface area contributed by atoms with Gasteiger partial charge in [0, 0.05) is 43.8 Å². The second-order valence-electron chi connectivity index (χ2n) is 8.33. The van der Waals surface area contributed by atoms with Crippen LogP contribution in [0.2, 0.25) is 0 Å². The van der Waals surface area contributed by atoms with E-state index in [1.807, 2.05) is 17.6 Å². The summed E-state index contributed by atoms with van der Waals surface area (Å²) in [5, 5.41) is 9.20. The first kappa shape index (κ1) is 20.1. The number of imidazole rings is 2. The predicted octanol–water partition coefficient (Wildman–Crippen LogP) is 3.41. The minimum absolute atomic E-state index is 0.369. The number of anilines is 2. The largest absolute Gasteiger partial charge is 0.355 e. The minimum atomic E-state index is 0.369. The zero-order valence-corrected chi connectivity index (χ0v) is 18.9. The smallest absolute Gasteiger partial charge is 0.204 e. The third kappa shape index (κ3) is 4.27. The molecule has 3 N–H and O–H groups in total. The van der Waals surface area contributed by atoms with Crippen LogP contribution in [0.25, 0.3) is 22.1 Å². The Kier molecular flexibility index (Phi) is 5.37. The number of hydrogen-bond acceptors (Lipinski definition) is 8. The molecule has 10 heteroatoms. The molecule has 6 rings (SSSR count). The van der Waals surface area contributed by atoms with Crippen molar-refractivity contribution >= 4 is 45.3 Å². The van der Waals surface area contributed by atoms with Crippen molar-refractivity contribution < 1.29 is 0 Å². The molecular weight excluding hydrogens is 434 g/mol. The van der Waals surface area contributed by atoms with Gasteiger partial charge in [0.25, 0.3) is 0 Å². The van der Waals surface area contributed by atoms with E-state index in [0.29, 0.717) is 6.04 Å². The number of pyridine rings is 1. The van der Waals surface area contributed by atoms with Crippen LogP contribution in [0, 0.1) is 0 Å². The van der Waals surface area contributed by atoms with Crippen molar-refractivity contribution in [3.63, 3.8) is 0 Å². The highest BCUT2D eigenvalue weighted by Crippen LogP contribution is 2.23. The third-order valence-electron chi connectivity index (χ3n) is 6.07. The van der Waals surface area contributed by atoms with Crippen LogP contribution in [0.3, 0.4) is 0 Å². The van der Waals surface area contributed by atoms with Crippen LogP contribution in [-0.2, 0) is 6.54 Å². The van der Waals surface area contributed by atoms with E-state index in [-0.39, 0.29) is 0 Å². The number of hydrogen-bond donors (Lipinski definition) is 3. The van der Waals surface area contributed by atoms with Crippen LogP contribution in [0.5, 0.6) is 0 Å². The molecule has 1 atom stereocenters. The number of thiazole rings is 1. The van der Waals surface area contributed by atoms with Crippen molar-refractivity contribution in [1.82, 2.24) is 34.4 Å². The second-order valence-corrected chi connectivity index (χ2v) is 9.04. The van der Waals surface area contributed by atoms with E-state index < -0.39 is 0 Å². The summed E-state index contributed by atoms with van der Waals surface area (Å²) >= 11 is 1.63. The molecule has 0 radical (unpaired) electrons. The molecule has 5 aromatic rings. The standard InChI is InChI=1S/C23H25N9S/c1-2-4-21-19(3-1)30-23(32(21)13-17-14-33-15-26-17)27-16-6-9-31(12-16)10-8-25-22-28-18-5-7-24-11-20(18)29-22/h1-5,7,11,14-16H,6,8-10,12-13H2,(H,27,30)(H2,25,28,29). The van der Waals surface area contributed by atoms with Crippen LogP contribution in [0.1, 0.15) is 12.1 Å². The van der Waals surface area contributed by atoms with Crippen LogP contribution in [0.4, 0.5) is 11.9 Å². The lowest BCUT2D eigenvalue weighted by Crippen LogP contribution is -2.30. The number of rotatable bonds is 8. The number of benzene rings is 1. The molecule has 1 aliphatic rings. The second kappa shape index (κ2) is 8.80. The summed E-state index contributed by atoms with van der Waals surface area (Å²) in [5.41, 5.74) is 6.96. The van der Waals surface area contributed by atoms with Crippen molar-refractivity contribution in [3.05, 3.63) is 59.3 Å². The maximum Gasteiger partial charge on any atom is 0.204 e. The van der Waals surface area contributed by atoms with Gasteiger partial charge in [0.2, 0.25) is 11.9 Å². The summed E-state index contributed by atoms with van der Waals surface area (Å²) in [7, 11) is 0. The van der Waals surface area contributed by atoms with Gasteiger partial charge in [0.15, 0.2) is 0 Å². The maximum atomic E-state index is 4.88. The zero-order valence-electron chi connectivity index (χ0n) is 18.1. The molecule has 1 fully saturated rings.